The van der Waals surface area contributed by atoms with Crippen LogP contribution in [-0.2, 0) is 4.74 Å². The highest BCUT2D eigenvalue weighted by atomic mass is 35.5. The highest BCUT2D eigenvalue weighted by molar-refractivity contribution is 6.55. The van der Waals surface area contributed by atoms with Gasteiger partial charge < -0.3 is 10.2 Å². The number of methoxy groups -OCH3 is 1. The third-order valence-corrected chi connectivity index (χ3v) is 0.385. The van der Waals surface area contributed by atoms with Crippen LogP contribution in [0.25, 0.3) is 0 Å². The lowest BCUT2D eigenvalue weighted by atomic mass is 11.1. The molecule has 44 valence electrons. The van der Waals surface area contributed by atoms with Gasteiger partial charge in [-0.3, -0.25) is 0 Å². The molecule has 0 amide bonds. The SMILES string of the molecule is COC=C(Cl)Cl.O. The van der Waals surface area contributed by atoms with Crippen molar-refractivity contribution < 1.29 is 10.2 Å². The first-order chi connectivity index (χ1) is 2.77. The van der Waals surface area contributed by atoms with Gasteiger partial charge in [-0.05, 0) is 0 Å². The van der Waals surface area contributed by atoms with Crippen LogP contribution >= 0.6 is 23.2 Å². The van der Waals surface area contributed by atoms with Crippen LogP contribution in [0.4, 0.5) is 0 Å². The van der Waals surface area contributed by atoms with Crippen LogP contribution in [0.5, 0.6) is 0 Å². The molecule has 0 fully saturated rings. The zero-order chi connectivity index (χ0) is 4.99. The minimum Gasteiger partial charge on any atom is -0.502 e. The van der Waals surface area contributed by atoms with Crippen molar-refractivity contribution in [2.75, 3.05) is 7.11 Å². The van der Waals surface area contributed by atoms with E-state index in [-0.39, 0.29) is 9.97 Å². The van der Waals surface area contributed by atoms with Gasteiger partial charge >= 0.3 is 0 Å². The fourth-order valence-corrected chi connectivity index (χ4v) is 0.267. The van der Waals surface area contributed by atoms with E-state index >= 15 is 0 Å². The summed E-state index contributed by atoms with van der Waals surface area (Å²) in [5.41, 5.74) is 0. The first kappa shape index (κ1) is 10.1. The van der Waals surface area contributed by atoms with Gasteiger partial charge in [0, 0.05) is 0 Å². The lowest BCUT2D eigenvalue weighted by Crippen LogP contribution is -1.61. The summed E-state index contributed by atoms with van der Waals surface area (Å²) in [7, 11) is 1.48. The number of hydrogen-bond acceptors (Lipinski definition) is 1. The number of ether oxygens (including phenoxy) is 1. The molecule has 0 saturated heterocycles. The van der Waals surface area contributed by atoms with E-state index in [1.807, 2.05) is 0 Å². The van der Waals surface area contributed by atoms with Gasteiger partial charge in [0.2, 0.25) is 0 Å². The number of rotatable bonds is 1. The molecule has 0 heterocycles. The van der Waals surface area contributed by atoms with Crippen LogP contribution in [0.15, 0.2) is 10.8 Å². The van der Waals surface area contributed by atoms with Crippen LogP contribution in [0.1, 0.15) is 0 Å². The van der Waals surface area contributed by atoms with Gasteiger partial charge in [-0.1, -0.05) is 23.2 Å². The smallest absolute Gasteiger partial charge is 0.141 e. The Kier molecular flexibility index (Phi) is 8.81. The minimum absolute atomic E-state index is 0. The molecule has 0 bridgehead atoms. The van der Waals surface area contributed by atoms with E-state index < -0.39 is 0 Å². The van der Waals surface area contributed by atoms with E-state index in [1.54, 1.807) is 0 Å². The van der Waals surface area contributed by atoms with Crippen molar-refractivity contribution in [2.45, 2.75) is 0 Å². The van der Waals surface area contributed by atoms with E-state index in [9.17, 15) is 0 Å². The lowest BCUT2D eigenvalue weighted by molar-refractivity contribution is 0.338. The molecule has 4 heteroatoms. The van der Waals surface area contributed by atoms with Crippen molar-refractivity contribution in [3.63, 3.8) is 0 Å². The third-order valence-electron chi connectivity index (χ3n) is 0.207. The Morgan fingerprint density at radius 1 is 1.57 bits per heavy atom. The summed E-state index contributed by atoms with van der Waals surface area (Å²) in [6.07, 6.45) is 1.24. The maximum absolute atomic E-state index is 5.08. The molecule has 0 aliphatic heterocycles. The van der Waals surface area contributed by atoms with Gasteiger partial charge in [0.05, 0.1) is 7.11 Å². The Labute approximate surface area is 52.0 Å². The topological polar surface area (TPSA) is 40.7 Å². The molecule has 0 aliphatic rings. The average molecular weight is 145 g/mol. The van der Waals surface area contributed by atoms with E-state index in [0.717, 1.165) is 0 Å². The predicted octanol–water partition coefficient (Wildman–Crippen LogP) is 1.08. The van der Waals surface area contributed by atoms with Crippen molar-refractivity contribution in [3.05, 3.63) is 10.8 Å². The summed E-state index contributed by atoms with van der Waals surface area (Å²) in [5, 5.41) is 0. The average Bonchev–Trinajstić information content (AvgIpc) is 1.35. The zero-order valence-corrected chi connectivity index (χ0v) is 5.25. The van der Waals surface area contributed by atoms with Crippen molar-refractivity contribution in [1.82, 2.24) is 0 Å². The molecular weight excluding hydrogens is 139 g/mol. The molecule has 7 heavy (non-hydrogen) atoms. The second-order valence-corrected chi connectivity index (χ2v) is 1.65. The van der Waals surface area contributed by atoms with Gasteiger partial charge in [-0.15, -0.1) is 0 Å². The fourth-order valence-electron chi connectivity index (χ4n) is 0.0891. The van der Waals surface area contributed by atoms with E-state index in [0.29, 0.717) is 0 Å². The maximum atomic E-state index is 5.08. The minimum atomic E-state index is 0. The van der Waals surface area contributed by atoms with E-state index in [2.05, 4.69) is 4.74 Å². The molecule has 0 aromatic rings. The maximum Gasteiger partial charge on any atom is 0.141 e. The Bertz CT molecular complexity index is 58.0. The predicted molar refractivity (Wildman–Crippen MR) is 30.4 cm³/mol. The molecule has 0 atom stereocenters. The van der Waals surface area contributed by atoms with Crippen LogP contribution in [-0.4, -0.2) is 12.6 Å². The summed E-state index contributed by atoms with van der Waals surface area (Å²) in [6.45, 7) is 0. The second kappa shape index (κ2) is 6.08. The molecule has 0 aliphatic carbocycles. The lowest BCUT2D eigenvalue weighted by Gasteiger charge is -1.81. The molecule has 0 aromatic heterocycles. The molecule has 2 N–H and O–H groups in total. The first-order valence-electron chi connectivity index (χ1n) is 1.31. The Hall–Kier alpha value is 0.0800. The van der Waals surface area contributed by atoms with Crippen molar-refractivity contribution in [1.29, 1.82) is 0 Å². The van der Waals surface area contributed by atoms with Crippen molar-refractivity contribution >= 4 is 23.2 Å². The standard InChI is InChI=1S/C3H4Cl2O.H2O/c1-6-2-3(4)5;/h2H,1H3;1H2. The zero-order valence-electron chi connectivity index (χ0n) is 3.74. The molecule has 0 aromatic carbocycles. The Morgan fingerprint density at radius 2 is 2.00 bits per heavy atom. The van der Waals surface area contributed by atoms with Gasteiger partial charge in [-0.2, -0.15) is 0 Å². The van der Waals surface area contributed by atoms with Gasteiger partial charge in [0.1, 0.15) is 10.8 Å². The molecular formula is C3H6Cl2O2. The molecule has 0 rings (SSSR count). The monoisotopic (exact) mass is 144 g/mol. The fraction of sp³-hybridized carbons (Fsp3) is 0.333. The van der Waals surface area contributed by atoms with E-state index in [4.69, 9.17) is 23.2 Å². The molecule has 0 unspecified atom stereocenters. The summed E-state index contributed by atoms with van der Waals surface area (Å²) >= 11 is 10.2. The van der Waals surface area contributed by atoms with Gasteiger partial charge in [-0.25, -0.2) is 0 Å². The largest absolute Gasteiger partial charge is 0.502 e. The summed E-state index contributed by atoms with van der Waals surface area (Å²) in [4.78, 5) is 0. The summed E-state index contributed by atoms with van der Waals surface area (Å²) in [6, 6.07) is 0. The summed E-state index contributed by atoms with van der Waals surface area (Å²) < 4.78 is 4.51. The quantitative estimate of drug-likeness (QED) is 0.509. The van der Waals surface area contributed by atoms with Crippen LogP contribution < -0.4 is 0 Å². The van der Waals surface area contributed by atoms with E-state index in [1.165, 1.54) is 13.4 Å². The number of hydrogen-bond donors (Lipinski definition) is 0. The van der Waals surface area contributed by atoms with Crippen molar-refractivity contribution in [2.24, 2.45) is 0 Å². The highest BCUT2D eigenvalue weighted by Crippen LogP contribution is 2.04. The molecule has 0 spiro atoms. The second-order valence-electron chi connectivity index (χ2n) is 0.643. The molecule has 0 radical (unpaired) electrons. The summed E-state index contributed by atoms with van der Waals surface area (Å²) in [5.74, 6) is 0. The van der Waals surface area contributed by atoms with Gasteiger partial charge in [0.25, 0.3) is 0 Å². The first-order valence-corrected chi connectivity index (χ1v) is 2.07. The number of halogens is 2. The van der Waals surface area contributed by atoms with Gasteiger partial charge in [0.15, 0.2) is 0 Å². The normalized spacial score (nSPS) is 6.14. The molecule has 0 saturated carbocycles. The Morgan fingerprint density at radius 3 is 2.00 bits per heavy atom. The molecule has 2 nitrogen and oxygen atoms in total. The van der Waals surface area contributed by atoms with Crippen LogP contribution in [0.3, 0.4) is 0 Å². The van der Waals surface area contributed by atoms with Crippen molar-refractivity contribution in [3.8, 4) is 0 Å². The van der Waals surface area contributed by atoms with Crippen LogP contribution in [0, 0.1) is 0 Å². The highest BCUT2D eigenvalue weighted by Gasteiger charge is 1.74. The van der Waals surface area contributed by atoms with Crippen LogP contribution in [0.2, 0.25) is 0 Å². The third kappa shape index (κ3) is 10.7. The Balaban J connectivity index is 0.